The Morgan fingerprint density at radius 3 is 1.86 bits per heavy atom. The largest absolute Gasteiger partial charge is 0.342 e. The van der Waals surface area contributed by atoms with Gasteiger partial charge in [-0.05, 0) is 40.7 Å². The molecular weight excluding hydrogens is 342 g/mol. The smallest absolute Gasteiger partial charge is 0.244 e. The second-order valence-corrected chi connectivity index (χ2v) is 7.44. The molecule has 0 saturated heterocycles. The van der Waals surface area contributed by atoms with Crippen LogP contribution in [0.1, 0.15) is 42.1 Å². The van der Waals surface area contributed by atoms with Gasteiger partial charge in [-0.1, -0.05) is 98.8 Å². The Morgan fingerprint density at radius 1 is 0.821 bits per heavy atom. The summed E-state index contributed by atoms with van der Waals surface area (Å²) < 4.78 is 0. The molecule has 0 aromatic heterocycles. The van der Waals surface area contributed by atoms with Gasteiger partial charge in [0.15, 0.2) is 0 Å². The Morgan fingerprint density at radius 2 is 1.36 bits per heavy atom. The lowest BCUT2D eigenvalue weighted by atomic mass is 9.98. The van der Waals surface area contributed by atoms with E-state index in [1.165, 1.54) is 5.56 Å². The molecule has 2 heteroatoms. The van der Waals surface area contributed by atoms with E-state index in [0.717, 1.165) is 23.1 Å². The third-order valence-corrected chi connectivity index (χ3v) is 4.60. The Hall–Kier alpha value is -3.13. The van der Waals surface area contributed by atoms with Gasteiger partial charge in [0.25, 0.3) is 0 Å². The Bertz CT molecular complexity index is 857. The van der Waals surface area contributed by atoms with Crippen LogP contribution in [0.5, 0.6) is 0 Å². The number of nitrogens with one attached hydrogen (secondary N) is 1. The second kappa shape index (κ2) is 9.70. The molecular formula is C26H27NO. The highest BCUT2D eigenvalue weighted by Gasteiger charge is 2.15. The van der Waals surface area contributed by atoms with Crippen LogP contribution in [0.4, 0.5) is 0 Å². The number of carbonyl (C=O) groups excluding carboxylic acids is 1. The van der Waals surface area contributed by atoms with Crippen LogP contribution in [-0.4, -0.2) is 5.91 Å². The molecule has 0 aliphatic carbocycles. The fraction of sp³-hybridized carbons (Fsp3) is 0.192. The lowest BCUT2D eigenvalue weighted by Gasteiger charge is -2.19. The zero-order chi connectivity index (χ0) is 19.8. The van der Waals surface area contributed by atoms with Crippen LogP contribution in [0.25, 0.3) is 6.08 Å². The number of amides is 1. The maximum atomic E-state index is 12.6. The van der Waals surface area contributed by atoms with Crippen molar-refractivity contribution in [3.05, 3.63) is 113 Å². The molecule has 3 rings (SSSR count). The van der Waals surface area contributed by atoms with E-state index < -0.39 is 0 Å². The highest BCUT2D eigenvalue weighted by molar-refractivity contribution is 5.92. The Labute approximate surface area is 167 Å². The molecule has 0 atom stereocenters. The van der Waals surface area contributed by atoms with Gasteiger partial charge in [-0.2, -0.15) is 0 Å². The third-order valence-electron chi connectivity index (χ3n) is 4.60. The van der Waals surface area contributed by atoms with E-state index in [1.54, 1.807) is 6.08 Å². The number of hydrogen-bond acceptors (Lipinski definition) is 1. The Kier molecular flexibility index (Phi) is 6.80. The fourth-order valence-corrected chi connectivity index (χ4v) is 3.25. The van der Waals surface area contributed by atoms with Gasteiger partial charge in [-0.15, -0.1) is 0 Å². The van der Waals surface area contributed by atoms with Crippen molar-refractivity contribution in [3.8, 4) is 0 Å². The van der Waals surface area contributed by atoms with E-state index >= 15 is 0 Å². The van der Waals surface area contributed by atoms with Crippen molar-refractivity contribution in [2.45, 2.75) is 26.3 Å². The molecule has 0 fully saturated rings. The van der Waals surface area contributed by atoms with Crippen LogP contribution in [0.2, 0.25) is 0 Å². The van der Waals surface area contributed by atoms with Gasteiger partial charge >= 0.3 is 0 Å². The summed E-state index contributed by atoms with van der Waals surface area (Å²) in [6.07, 6.45) is 4.54. The summed E-state index contributed by atoms with van der Waals surface area (Å²) in [5.41, 5.74) is 4.48. The van der Waals surface area contributed by atoms with Crippen LogP contribution < -0.4 is 5.32 Å². The molecule has 28 heavy (non-hydrogen) atoms. The zero-order valence-electron chi connectivity index (χ0n) is 16.5. The standard InChI is InChI=1S/C26H27NO/c1-20(2)19-22-15-13-21(14-16-22)17-18-25(28)27-26(23-9-5-3-6-10-23)24-11-7-4-8-12-24/h3-18,20,26H,19H2,1-2H3,(H,27,28)/b18-17+. The monoisotopic (exact) mass is 369 g/mol. The summed E-state index contributed by atoms with van der Waals surface area (Å²) in [5, 5.41) is 3.13. The molecule has 0 aliphatic rings. The Balaban J connectivity index is 1.71. The van der Waals surface area contributed by atoms with Gasteiger partial charge < -0.3 is 5.32 Å². The molecule has 0 bridgehead atoms. The van der Waals surface area contributed by atoms with Crippen LogP contribution >= 0.6 is 0 Å². The minimum absolute atomic E-state index is 0.107. The molecule has 0 spiro atoms. The van der Waals surface area contributed by atoms with E-state index in [1.807, 2.05) is 66.7 Å². The van der Waals surface area contributed by atoms with Crippen molar-refractivity contribution >= 4 is 12.0 Å². The van der Waals surface area contributed by atoms with Gasteiger partial charge in [0.05, 0.1) is 6.04 Å². The quantitative estimate of drug-likeness (QED) is 0.524. The van der Waals surface area contributed by atoms with Crippen molar-refractivity contribution in [2.24, 2.45) is 5.92 Å². The van der Waals surface area contributed by atoms with Gasteiger partial charge in [0.1, 0.15) is 0 Å². The van der Waals surface area contributed by atoms with E-state index in [4.69, 9.17) is 0 Å². The molecule has 1 amide bonds. The second-order valence-electron chi connectivity index (χ2n) is 7.44. The summed E-state index contributed by atoms with van der Waals surface area (Å²) in [5.74, 6) is 0.532. The van der Waals surface area contributed by atoms with Gasteiger partial charge in [-0.3, -0.25) is 4.79 Å². The molecule has 0 saturated carbocycles. The highest BCUT2D eigenvalue weighted by atomic mass is 16.1. The molecule has 3 aromatic carbocycles. The van der Waals surface area contributed by atoms with Crippen LogP contribution in [0.3, 0.4) is 0 Å². The molecule has 0 unspecified atom stereocenters. The summed E-state index contributed by atoms with van der Waals surface area (Å²) >= 11 is 0. The first-order valence-electron chi connectivity index (χ1n) is 9.79. The SMILES string of the molecule is CC(C)Cc1ccc(/C=C/C(=O)NC(c2ccccc2)c2ccccc2)cc1. The number of hydrogen-bond donors (Lipinski definition) is 1. The molecule has 0 radical (unpaired) electrons. The molecule has 1 N–H and O–H groups in total. The maximum absolute atomic E-state index is 12.6. The topological polar surface area (TPSA) is 29.1 Å². The first-order valence-corrected chi connectivity index (χ1v) is 9.79. The predicted molar refractivity (Wildman–Crippen MR) is 117 cm³/mol. The lowest BCUT2D eigenvalue weighted by Crippen LogP contribution is -2.27. The lowest BCUT2D eigenvalue weighted by molar-refractivity contribution is -0.116. The number of carbonyl (C=O) groups is 1. The minimum atomic E-state index is -0.173. The average molecular weight is 370 g/mol. The molecule has 142 valence electrons. The van der Waals surface area contributed by atoms with Crippen molar-refractivity contribution in [1.29, 1.82) is 0 Å². The molecule has 2 nitrogen and oxygen atoms in total. The van der Waals surface area contributed by atoms with Crippen molar-refractivity contribution < 1.29 is 4.79 Å². The van der Waals surface area contributed by atoms with Crippen molar-refractivity contribution in [3.63, 3.8) is 0 Å². The highest BCUT2D eigenvalue weighted by Crippen LogP contribution is 2.21. The maximum Gasteiger partial charge on any atom is 0.244 e. The van der Waals surface area contributed by atoms with Gasteiger partial charge in [0, 0.05) is 6.08 Å². The normalized spacial score (nSPS) is 11.3. The summed E-state index contributed by atoms with van der Waals surface area (Å²) in [4.78, 5) is 12.6. The van der Waals surface area contributed by atoms with E-state index in [-0.39, 0.29) is 11.9 Å². The van der Waals surface area contributed by atoms with Crippen LogP contribution in [0, 0.1) is 5.92 Å². The van der Waals surface area contributed by atoms with Gasteiger partial charge in [-0.25, -0.2) is 0 Å². The molecule has 0 heterocycles. The predicted octanol–water partition coefficient (Wildman–Crippen LogP) is 5.80. The van der Waals surface area contributed by atoms with Crippen molar-refractivity contribution in [1.82, 2.24) is 5.32 Å². The van der Waals surface area contributed by atoms with E-state index in [2.05, 4.69) is 43.4 Å². The molecule has 3 aromatic rings. The third kappa shape index (κ3) is 5.68. The van der Waals surface area contributed by atoms with Crippen LogP contribution in [-0.2, 0) is 11.2 Å². The van der Waals surface area contributed by atoms with Crippen LogP contribution in [0.15, 0.2) is 91.0 Å². The first kappa shape index (κ1) is 19.6. The van der Waals surface area contributed by atoms with E-state index in [9.17, 15) is 4.79 Å². The number of benzene rings is 3. The van der Waals surface area contributed by atoms with E-state index in [0.29, 0.717) is 5.92 Å². The van der Waals surface area contributed by atoms with Gasteiger partial charge in [0.2, 0.25) is 5.91 Å². The minimum Gasteiger partial charge on any atom is -0.342 e. The zero-order valence-corrected chi connectivity index (χ0v) is 16.5. The summed E-state index contributed by atoms with van der Waals surface area (Å²) in [6, 6.07) is 28.3. The number of rotatable bonds is 7. The first-order chi connectivity index (χ1) is 13.6. The summed E-state index contributed by atoms with van der Waals surface area (Å²) in [6.45, 7) is 4.43. The van der Waals surface area contributed by atoms with Crippen molar-refractivity contribution in [2.75, 3.05) is 0 Å². The summed E-state index contributed by atoms with van der Waals surface area (Å²) in [7, 11) is 0. The average Bonchev–Trinajstić information content (AvgIpc) is 2.72. The molecule has 0 aliphatic heterocycles. The fourth-order valence-electron chi connectivity index (χ4n) is 3.25.